The van der Waals surface area contributed by atoms with E-state index in [-0.39, 0.29) is 10.9 Å². The van der Waals surface area contributed by atoms with Crippen LogP contribution in [-0.4, -0.2) is 60.8 Å². The lowest BCUT2D eigenvalue weighted by Crippen LogP contribution is -2.25. The summed E-state index contributed by atoms with van der Waals surface area (Å²) < 4.78 is 141. The summed E-state index contributed by atoms with van der Waals surface area (Å²) in [4.78, 5) is 25.0. The van der Waals surface area contributed by atoms with E-state index in [4.69, 9.17) is 0 Å². The maximum Gasteiger partial charge on any atom is 0.364 e. The molecule has 5 rings (SSSR count). The molecule has 0 radical (unpaired) electrons. The Bertz CT molecular complexity index is 2670. The van der Waals surface area contributed by atoms with E-state index in [9.17, 15) is 61.5 Å². The van der Waals surface area contributed by atoms with Crippen molar-refractivity contribution in [3.8, 4) is 0 Å². The highest BCUT2D eigenvalue weighted by molar-refractivity contribution is 7.89. The molecule has 2 heterocycles. The van der Waals surface area contributed by atoms with Crippen LogP contribution in [0.5, 0.6) is 0 Å². The van der Waals surface area contributed by atoms with Gasteiger partial charge >= 0.3 is 10.3 Å². The number of H-pyrrole nitrogens is 1. The number of aromatic nitrogens is 2. The summed E-state index contributed by atoms with van der Waals surface area (Å²) in [7, 11) is -23.4. The van der Waals surface area contributed by atoms with Crippen LogP contribution < -0.4 is 10.9 Å². The largest absolute Gasteiger partial charge is 0.364 e. The molecule has 20 heteroatoms. The topological polar surface area (TPSA) is 272 Å². The number of para-hydroxylation sites is 1. The van der Waals surface area contributed by atoms with Crippen molar-refractivity contribution in [2.45, 2.75) is 28.5 Å². The maximum atomic E-state index is 13.9. The Labute approximate surface area is 235 Å². The van der Waals surface area contributed by atoms with Crippen molar-refractivity contribution in [2.75, 3.05) is 0 Å². The van der Waals surface area contributed by atoms with Crippen molar-refractivity contribution in [3.05, 3.63) is 61.9 Å². The Hall–Kier alpha value is -3.76. The number of nitrogens with one attached hydrogen (secondary N) is 1. The second-order valence-corrected chi connectivity index (χ2v) is 14.5. The normalized spacial score (nSPS) is 13.5. The highest BCUT2D eigenvalue weighted by Gasteiger charge is 2.37. The van der Waals surface area contributed by atoms with E-state index in [1.54, 1.807) is 0 Å². The second-order valence-electron chi connectivity index (χ2n) is 9.15. The molecule has 0 saturated carbocycles. The Balaban J connectivity index is 2.41. The standard InChI is InChI=1S/C22H16N2O14S4/c1-8-9(2)20(39(27,28)29)22(41(33,34)35)17-14(8)19(26)11-7-13-15(18(25)10-5-3-4-6-12(10)23-13)21(40(30,31)32)16(11)24(17)42(36,37)38/h3-7H,1-2H3,(H,23,25)(H,27,28,29)(H,30,31,32)(H,33,34,35)(H,36,37,38). The van der Waals surface area contributed by atoms with Gasteiger partial charge in [-0.05, 0) is 43.2 Å². The highest BCUT2D eigenvalue weighted by atomic mass is 32.2. The number of hydrogen-bond acceptors (Lipinski definition) is 10. The minimum Gasteiger partial charge on any atom is -0.354 e. The zero-order chi connectivity index (χ0) is 31.5. The second kappa shape index (κ2) is 8.87. The SMILES string of the molecule is Cc1c(S(=O)(=O)O)c(S(=O)(=O)O)c2c(c1C)c(=O)c1cc3[nH]c4ccccc4c(=O)c3c(S(=O)(=O)O)c1n2S(=O)(=O)O. The molecule has 2 aromatic heterocycles. The van der Waals surface area contributed by atoms with Gasteiger partial charge in [-0.2, -0.15) is 33.7 Å². The minimum absolute atomic E-state index is 0.130. The first-order valence-electron chi connectivity index (χ1n) is 11.1. The molecule has 0 aliphatic carbocycles. The van der Waals surface area contributed by atoms with E-state index < -0.39 is 114 Å². The Morgan fingerprint density at radius 1 is 0.619 bits per heavy atom. The number of nitrogens with zero attached hydrogens (tertiary/aromatic N) is 1. The first-order valence-corrected chi connectivity index (χ1v) is 16.8. The number of rotatable bonds is 4. The van der Waals surface area contributed by atoms with Crippen LogP contribution in [0.25, 0.3) is 43.6 Å². The van der Waals surface area contributed by atoms with Gasteiger partial charge in [0.1, 0.15) is 14.7 Å². The number of pyridine rings is 2. The zero-order valence-electron chi connectivity index (χ0n) is 20.8. The molecule has 0 fully saturated rings. The molecule has 0 aliphatic rings. The molecule has 3 aromatic carbocycles. The number of benzene rings is 3. The third-order valence-electron chi connectivity index (χ3n) is 6.74. The van der Waals surface area contributed by atoms with Crippen LogP contribution >= 0.6 is 0 Å². The van der Waals surface area contributed by atoms with E-state index >= 15 is 0 Å². The van der Waals surface area contributed by atoms with E-state index in [0.29, 0.717) is 0 Å². The van der Waals surface area contributed by atoms with Crippen LogP contribution in [0.2, 0.25) is 0 Å². The van der Waals surface area contributed by atoms with E-state index in [2.05, 4.69) is 4.98 Å². The van der Waals surface area contributed by atoms with Gasteiger partial charge in [-0.15, -0.1) is 0 Å². The molecule has 0 amide bonds. The summed E-state index contributed by atoms with van der Waals surface area (Å²) in [5.74, 6) is 0. The lowest BCUT2D eigenvalue weighted by molar-refractivity contribution is 0.465. The van der Waals surface area contributed by atoms with Crippen molar-refractivity contribution >= 4 is 84.3 Å². The lowest BCUT2D eigenvalue weighted by Gasteiger charge is -2.21. The molecule has 0 saturated heterocycles. The van der Waals surface area contributed by atoms with Gasteiger partial charge in [0.25, 0.3) is 30.4 Å². The van der Waals surface area contributed by atoms with Gasteiger partial charge in [-0.25, -0.2) is 3.97 Å². The predicted octanol–water partition coefficient (Wildman–Crippen LogP) is 1.16. The molecule has 0 aliphatic heterocycles. The van der Waals surface area contributed by atoms with Crippen molar-refractivity contribution in [3.63, 3.8) is 0 Å². The number of hydrogen-bond donors (Lipinski definition) is 5. The van der Waals surface area contributed by atoms with Crippen LogP contribution in [0.3, 0.4) is 0 Å². The Kier molecular flexibility index (Phi) is 6.28. The van der Waals surface area contributed by atoms with Gasteiger partial charge in [-0.1, -0.05) is 12.1 Å². The minimum atomic E-state index is -6.02. The summed E-state index contributed by atoms with van der Waals surface area (Å²) in [6, 6.07) is 6.36. The third kappa shape index (κ3) is 4.22. The summed E-state index contributed by atoms with van der Waals surface area (Å²) in [5.41, 5.74) is -6.90. The van der Waals surface area contributed by atoms with Gasteiger partial charge in [0.2, 0.25) is 0 Å². The van der Waals surface area contributed by atoms with E-state index in [1.165, 1.54) is 24.3 Å². The van der Waals surface area contributed by atoms with Gasteiger partial charge in [0.15, 0.2) is 10.9 Å². The fraction of sp³-hybridized carbons (Fsp3) is 0.0909. The molecular formula is C22H16N2O14S4. The third-order valence-corrected chi connectivity index (χ3v) is 10.6. The Morgan fingerprint density at radius 2 is 1.14 bits per heavy atom. The fourth-order valence-electron chi connectivity index (χ4n) is 5.09. The van der Waals surface area contributed by atoms with Gasteiger partial charge in [-0.3, -0.25) is 27.8 Å². The first-order chi connectivity index (χ1) is 19.1. The van der Waals surface area contributed by atoms with Crippen LogP contribution in [0.15, 0.2) is 54.6 Å². The summed E-state index contributed by atoms with van der Waals surface area (Å²) in [5, 5.41) is -2.95. The number of aryl methyl sites for hydroxylation is 1. The number of aromatic amines is 1. The average molecular weight is 661 g/mol. The van der Waals surface area contributed by atoms with Crippen molar-refractivity contribution in [1.29, 1.82) is 0 Å². The Morgan fingerprint density at radius 3 is 1.67 bits per heavy atom. The summed E-state index contributed by atoms with van der Waals surface area (Å²) >= 11 is 0. The molecule has 0 spiro atoms. The van der Waals surface area contributed by atoms with Crippen LogP contribution in [0, 0.1) is 13.8 Å². The molecular weight excluding hydrogens is 645 g/mol. The lowest BCUT2D eigenvalue weighted by atomic mass is 10.00. The highest BCUT2D eigenvalue weighted by Crippen LogP contribution is 2.39. The van der Waals surface area contributed by atoms with E-state index in [1.807, 2.05) is 0 Å². The molecule has 0 atom stereocenters. The van der Waals surface area contributed by atoms with Gasteiger partial charge < -0.3 is 4.98 Å². The van der Waals surface area contributed by atoms with Gasteiger partial charge in [0, 0.05) is 10.9 Å². The smallest absolute Gasteiger partial charge is 0.354 e. The van der Waals surface area contributed by atoms with E-state index in [0.717, 1.165) is 19.9 Å². The van der Waals surface area contributed by atoms with Gasteiger partial charge in [0.05, 0.1) is 32.7 Å². The van der Waals surface area contributed by atoms with Crippen LogP contribution in [-0.2, 0) is 40.7 Å². The average Bonchev–Trinajstić information content (AvgIpc) is 2.82. The summed E-state index contributed by atoms with van der Waals surface area (Å²) in [6.07, 6.45) is 0. The predicted molar refractivity (Wildman–Crippen MR) is 147 cm³/mol. The molecule has 222 valence electrons. The van der Waals surface area contributed by atoms with Crippen LogP contribution in [0.4, 0.5) is 0 Å². The monoisotopic (exact) mass is 660 g/mol. The maximum absolute atomic E-state index is 13.9. The fourth-order valence-corrected chi connectivity index (χ4v) is 9.28. The first kappa shape index (κ1) is 29.7. The molecule has 5 N–H and O–H groups in total. The zero-order valence-corrected chi connectivity index (χ0v) is 24.1. The molecule has 42 heavy (non-hydrogen) atoms. The molecule has 0 unspecified atom stereocenters. The quantitative estimate of drug-likeness (QED) is 0.134. The van der Waals surface area contributed by atoms with Crippen molar-refractivity contribution in [1.82, 2.24) is 8.96 Å². The van der Waals surface area contributed by atoms with Crippen molar-refractivity contribution in [2.24, 2.45) is 0 Å². The number of fused-ring (bicyclic) bond motifs is 4. The van der Waals surface area contributed by atoms with Crippen LogP contribution in [0.1, 0.15) is 11.1 Å². The molecule has 0 bridgehead atoms. The summed E-state index contributed by atoms with van der Waals surface area (Å²) in [6.45, 7) is 1.93. The molecule has 16 nitrogen and oxygen atoms in total. The molecule has 5 aromatic rings. The van der Waals surface area contributed by atoms with Crippen molar-refractivity contribution < 1.29 is 51.9 Å².